The molecule has 0 bridgehead atoms. The predicted molar refractivity (Wildman–Crippen MR) is 124 cm³/mol. The maximum atomic E-state index is 12.7. The van der Waals surface area contributed by atoms with Gasteiger partial charge >= 0.3 is 0 Å². The largest absolute Gasteiger partial charge is 0.493 e. The van der Waals surface area contributed by atoms with Crippen molar-refractivity contribution in [1.29, 1.82) is 0 Å². The Balaban J connectivity index is 1.29. The summed E-state index contributed by atoms with van der Waals surface area (Å²) in [5.74, 6) is 2.44. The second-order valence-electron chi connectivity index (χ2n) is 7.98. The number of aryl methyl sites for hydroxylation is 2. The SMILES string of the molecule is CCn1nc(C)c2ccnc(N3CCC(C(=O)NCCOc4ccccc4OC)CC3)c21. The molecule has 0 unspecified atom stereocenters. The molecular formula is C24H31N5O3. The van der Waals surface area contributed by atoms with Gasteiger partial charge in [0.1, 0.15) is 12.1 Å². The Hall–Kier alpha value is -3.29. The number of anilines is 1. The van der Waals surface area contributed by atoms with E-state index < -0.39 is 0 Å². The second kappa shape index (κ2) is 9.89. The Kier molecular flexibility index (Phi) is 6.78. The van der Waals surface area contributed by atoms with Crippen LogP contribution in [-0.4, -0.2) is 54.0 Å². The Labute approximate surface area is 188 Å². The van der Waals surface area contributed by atoms with Crippen LogP contribution in [0.4, 0.5) is 5.82 Å². The molecule has 1 amide bonds. The van der Waals surface area contributed by atoms with Crippen molar-refractivity contribution < 1.29 is 14.3 Å². The molecule has 1 N–H and O–H groups in total. The van der Waals surface area contributed by atoms with Crippen molar-refractivity contribution in [2.75, 3.05) is 38.3 Å². The summed E-state index contributed by atoms with van der Waals surface area (Å²) >= 11 is 0. The van der Waals surface area contributed by atoms with Crippen molar-refractivity contribution >= 4 is 22.6 Å². The summed E-state index contributed by atoms with van der Waals surface area (Å²) in [5, 5.41) is 8.81. The number of pyridine rings is 1. The van der Waals surface area contributed by atoms with Gasteiger partial charge in [-0.2, -0.15) is 5.10 Å². The molecule has 2 aromatic heterocycles. The zero-order valence-corrected chi connectivity index (χ0v) is 19.0. The average Bonchev–Trinajstić information content (AvgIpc) is 3.18. The van der Waals surface area contributed by atoms with Gasteiger partial charge in [0.05, 0.1) is 19.3 Å². The number of nitrogens with zero attached hydrogens (tertiary/aromatic N) is 4. The Morgan fingerprint density at radius 3 is 2.66 bits per heavy atom. The lowest BCUT2D eigenvalue weighted by atomic mass is 9.96. The molecule has 0 aliphatic carbocycles. The van der Waals surface area contributed by atoms with Crippen molar-refractivity contribution in [2.45, 2.75) is 33.2 Å². The number of carbonyl (C=O) groups excluding carboxylic acids is 1. The lowest BCUT2D eigenvalue weighted by molar-refractivity contribution is -0.125. The molecule has 3 aromatic rings. The van der Waals surface area contributed by atoms with E-state index in [9.17, 15) is 4.79 Å². The molecule has 1 aromatic carbocycles. The van der Waals surface area contributed by atoms with Gasteiger partial charge in [0.15, 0.2) is 17.3 Å². The molecule has 32 heavy (non-hydrogen) atoms. The maximum absolute atomic E-state index is 12.7. The van der Waals surface area contributed by atoms with E-state index in [4.69, 9.17) is 9.47 Å². The number of para-hydroxylation sites is 2. The van der Waals surface area contributed by atoms with Gasteiger partial charge in [0, 0.05) is 37.1 Å². The summed E-state index contributed by atoms with van der Waals surface area (Å²) in [7, 11) is 1.61. The molecule has 0 radical (unpaired) electrons. The van der Waals surface area contributed by atoms with Crippen LogP contribution in [0.3, 0.4) is 0 Å². The minimum absolute atomic E-state index is 0.00883. The number of aromatic nitrogens is 3. The molecule has 4 rings (SSSR count). The molecule has 1 fully saturated rings. The Morgan fingerprint density at radius 2 is 1.94 bits per heavy atom. The van der Waals surface area contributed by atoms with Crippen LogP contribution in [-0.2, 0) is 11.3 Å². The van der Waals surface area contributed by atoms with E-state index in [1.807, 2.05) is 48.1 Å². The second-order valence-corrected chi connectivity index (χ2v) is 7.98. The normalized spacial score (nSPS) is 14.5. The summed E-state index contributed by atoms with van der Waals surface area (Å²) < 4.78 is 13.0. The highest BCUT2D eigenvalue weighted by molar-refractivity contribution is 5.91. The fourth-order valence-electron chi connectivity index (χ4n) is 4.31. The summed E-state index contributed by atoms with van der Waals surface area (Å²) in [5.41, 5.74) is 2.11. The topological polar surface area (TPSA) is 81.5 Å². The Morgan fingerprint density at radius 1 is 1.19 bits per heavy atom. The number of amides is 1. The van der Waals surface area contributed by atoms with Gasteiger partial charge in [-0.3, -0.25) is 9.48 Å². The van der Waals surface area contributed by atoms with Crippen molar-refractivity contribution in [1.82, 2.24) is 20.1 Å². The van der Waals surface area contributed by atoms with E-state index in [1.54, 1.807) is 7.11 Å². The first kappa shape index (κ1) is 21.9. The first-order valence-electron chi connectivity index (χ1n) is 11.2. The van der Waals surface area contributed by atoms with Crippen molar-refractivity contribution in [3.63, 3.8) is 0 Å². The Bertz CT molecular complexity index is 1070. The number of methoxy groups -OCH3 is 1. The van der Waals surface area contributed by atoms with E-state index in [-0.39, 0.29) is 11.8 Å². The predicted octanol–water partition coefficient (Wildman–Crippen LogP) is 3.18. The number of carbonyl (C=O) groups is 1. The highest BCUT2D eigenvalue weighted by Crippen LogP contribution is 2.30. The highest BCUT2D eigenvalue weighted by atomic mass is 16.5. The van der Waals surface area contributed by atoms with E-state index in [2.05, 4.69) is 27.2 Å². The molecule has 3 heterocycles. The van der Waals surface area contributed by atoms with Crippen LogP contribution in [0.1, 0.15) is 25.5 Å². The van der Waals surface area contributed by atoms with E-state index in [0.29, 0.717) is 24.7 Å². The van der Waals surface area contributed by atoms with Gasteiger partial charge in [-0.15, -0.1) is 0 Å². The molecule has 170 valence electrons. The molecule has 0 spiro atoms. The van der Waals surface area contributed by atoms with Crippen LogP contribution < -0.4 is 19.7 Å². The lowest BCUT2D eigenvalue weighted by Crippen LogP contribution is -2.41. The van der Waals surface area contributed by atoms with E-state index in [1.165, 1.54) is 0 Å². The minimum Gasteiger partial charge on any atom is -0.493 e. The third-order valence-corrected chi connectivity index (χ3v) is 6.02. The zero-order chi connectivity index (χ0) is 22.5. The molecular weight excluding hydrogens is 406 g/mol. The summed E-state index contributed by atoms with van der Waals surface area (Å²) in [6, 6.07) is 9.53. The smallest absolute Gasteiger partial charge is 0.223 e. The maximum Gasteiger partial charge on any atom is 0.223 e. The number of hydrogen-bond acceptors (Lipinski definition) is 6. The number of hydrogen-bond donors (Lipinski definition) is 1. The third kappa shape index (κ3) is 4.49. The van der Waals surface area contributed by atoms with E-state index >= 15 is 0 Å². The molecule has 8 nitrogen and oxygen atoms in total. The summed E-state index contributed by atoms with van der Waals surface area (Å²) in [4.78, 5) is 19.6. The van der Waals surface area contributed by atoms with Crippen LogP contribution in [0.15, 0.2) is 36.5 Å². The molecule has 1 aliphatic rings. The van der Waals surface area contributed by atoms with Gasteiger partial charge in [-0.05, 0) is 44.9 Å². The lowest BCUT2D eigenvalue weighted by Gasteiger charge is -2.32. The van der Waals surface area contributed by atoms with Gasteiger partial charge in [0.2, 0.25) is 5.91 Å². The fourth-order valence-corrected chi connectivity index (χ4v) is 4.31. The van der Waals surface area contributed by atoms with Crippen molar-refractivity contribution in [3.05, 3.63) is 42.2 Å². The molecule has 0 atom stereocenters. The van der Waals surface area contributed by atoms with Crippen LogP contribution in [0.2, 0.25) is 0 Å². The fraction of sp³-hybridized carbons (Fsp3) is 0.458. The standard InChI is InChI=1S/C24H31N5O3/c1-4-29-22-19(17(2)27-29)9-12-25-23(22)28-14-10-18(11-15-28)24(30)26-13-16-32-21-8-6-5-7-20(21)31-3/h5-9,12,18H,4,10-11,13-16H2,1-3H3,(H,26,30). The molecule has 1 aliphatic heterocycles. The number of rotatable bonds is 8. The number of fused-ring (bicyclic) bond motifs is 1. The summed E-state index contributed by atoms with van der Waals surface area (Å²) in [6.45, 7) is 7.40. The zero-order valence-electron chi connectivity index (χ0n) is 19.0. The van der Waals surface area contributed by atoms with Crippen molar-refractivity contribution in [3.8, 4) is 11.5 Å². The summed E-state index contributed by atoms with van der Waals surface area (Å²) in [6.07, 6.45) is 3.46. The first-order chi connectivity index (χ1) is 15.6. The number of ether oxygens (including phenoxy) is 2. The molecule has 1 saturated heterocycles. The van der Waals surface area contributed by atoms with Gasteiger partial charge in [0.25, 0.3) is 0 Å². The van der Waals surface area contributed by atoms with Crippen LogP contribution in [0.25, 0.3) is 10.9 Å². The number of nitrogens with one attached hydrogen (secondary N) is 1. The quantitative estimate of drug-likeness (QED) is 0.545. The van der Waals surface area contributed by atoms with Gasteiger partial charge in [-0.25, -0.2) is 4.98 Å². The first-order valence-corrected chi connectivity index (χ1v) is 11.2. The molecule has 8 heteroatoms. The van der Waals surface area contributed by atoms with Crippen molar-refractivity contribution in [2.24, 2.45) is 5.92 Å². The van der Waals surface area contributed by atoms with Crippen LogP contribution in [0.5, 0.6) is 11.5 Å². The number of piperidine rings is 1. The minimum atomic E-state index is 0.00883. The van der Waals surface area contributed by atoms with Crippen LogP contribution >= 0.6 is 0 Å². The molecule has 0 saturated carbocycles. The highest BCUT2D eigenvalue weighted by Gasteiger charge is 2.27. The monoisotopic (exact) mass is 437 g/mol. The van der Waals surface area contributed by atoms with Crippen LogP contribution in [0, 0.1) is 12.8 Å². The number of benzene rings is 1. The average molecular weight is 438 g/mol. The van der Waals surface area contributed by atoms with E-state index in [0.717, 1.165) is 54.9 Å². The van der Waals surface area contributed by atoms with Gasteiger partial charge < -0.3 is 19.7 Å². The third-order valence-electron chi connectivity index (χ3n) is 6.02. The van der Waals surface area contributed by atoms with Gasteiger partial charge in [-0.1, -0.05) is 12.1 Å².